The fourth-order valence-corrected chi connectivity index (χ4v) is 4.33. The number of aromatic nitrogens is 2. The van der Waals surface area contributed by atoms with Crippen LogP contribution in [0.4, 0.5) is 0 Å². The van der Waals surface area contributed by atoms with E-state index < -0.39 is 5.97 Å². The van der Waals surface area contributed by atoms with E-state index in [9.17, 15) is 14.7 Å². The number of likely N-dealkylation sites (tertiary alicyclic amines) is 1. The van der Waals surface area contributed by atoms with Crippen LogP contribution in [0.1, 0.15) is 51.3 Å². The number of piperidine rings is 1. The summed E-state index contributed by atoms with van der Waals surface area (Å²) in [5.74, 6) is 0.606. The predicted molar refractivity (Wildman–Crippen MR) is 109 cm³/mol. The summed E-state index contributed by atoms with van der Waals surface area (Å²) >= 11 is 0. The Labute approximate surface area is 166 Å². The van der Waals surface area contributed by atoms with Gasteiger partial charge in [-0.15, -0.1) is 0 Å². The van der Waals surface area contributed by atoms with Crippen molar-refractivity contribution in [3.8, 4) is 0 Å². The van der Waals surface area contributed by atoms with Crippen molar-refractivity contribution in [2.24, 2.45) is 18.9 Å². The zero-order valence-electron chi connectivity index (χ0n) is 16.9. The second kappa shape index (κ2) is 9.22. The van der Waals surface area contributed by atoms with E-state index in [1.54, 1.807) is 0 Å². The number of unbranched alkanes of at least 4 members (excludes halogenated alkanes) is 2. The first-order valence-electron chi connectivity index (χ1n) is 10.4. The molecule has 1 N–H and O–H groups in total. The van der Waals surface area contributed by atoms with E-state index in [1.807, 2.05) is 36.2 Å². The van der Waals surface area contributed by atoms with Crippen LogP contribution in [0, 0.1) is 11.8 Å². The number of carbonyl (C=O) groups excluding carboxylic acids is 1. The molecule has 2 heterocycles. The Kier molecular flexibility index (Phi) is 6.70. The van der Waals surface area contributed by atoms with E-state index >= 15 is 0 Å². The van der Waals surface area contributed by atoms with Crippen molar-refractivity contribution in [3.05, 3.63) is 30.1 Å². The molecule has 3 rings (SSSR count). The van der Waals surface area contributed by atoms with Crippen LogP contribution in [-0.4, -0.2) is 44.5 Å². The number of carbonyl (C=O) groups is 2. The number of carboxylic acids is 1. The number of aryl methyl sites for hydroxylation is 1. The number of fused-ring (bicyclic) bond motifs is 1. The number of hydrogen-bond donors (Lipinski definition) is 1. The van der Waals surface area contributed by atoms with Gasteiger partial charge >= 0.3 is 5.97 Å². The Balaban J connectivity index is 1.75. The third kappa shape index (κ3) is 4.72. The molecule has 28 heavy (non-hydrogen) atoms. The van der Waals surface area contributed by atoms with Crippen LogP contribution in [0.5, 0.6) is 0 Å². The van der Waals surface area contributed by atoms with E-state index in [4.69, 9.17) is 4.98 Å². The first-order chi connectivity index (χ1) is 13.5. The minimum Gasteiger partial charge on any atom is -0.481 e. The number of para-hydroxylation sites is 2. The largest absolute Gasteiger partial charge is 0.481 e. The molecule has 1 aromatic heterocycles. The second-order valence-electron chi connectivity index (χ2n) is 7.98. The highest BCUT2D eigenvalue weighted by Gasteiger charge is 2.33. The maximum Gasteiger partial charge on any atom is 0.303 e. The van der Waals surface area contributed by atoms with Crippen LogP contribution >= 0.6 is 0 Å². The molecule has 0 saturated carbocycles. The smallest absolute Gasteiger partial charge is 0.303 e. The lowest BCUT2D eigenvalue weighted by atomic mass is 9.81. The molecule has 6 heteroatoms. The standard InChI is InChI=1S/C22H31N3O3/c1-3-4-5-10-21(26)25-12-11-16(14-22(27)28)17(15-25)13-20-23-18-8-6-7-9-19(18)24(20)2/h6-9,16-17H,3-5,10-15H2,1-2H3,(H,27,28). The molecule has 1 aromatic carbocycles. The van der Waals surface area contributed by atoms with Gasteiger partial charge in [0.2, 0.25) is 5.91 Å². The SMILES string of the molecule is CCCCCC(=O)N1CCC(CC(=O)O)C(Cc2nc3ccccc3n2C)C1. The van der Waals surface area contributed by atoms with Crippen molar-refractivity contribution in [2.75, 3.05) is 13.1 Å². The van der Waals surface area contributed by atoms with Gasteiger partial charge in [0.05, 0.1) is 11.0 Å². The van der Waals surface area contributed by atoms with Gasteiger partial charge in [-0.05, 0) is 36.8 Å². The third-order valence-corrected chi connectivity index (χ3v) is 6.00. The van der Waals surface area contributed by atoms with Gasteiger partial charge in [-0.3, -0.25) is 9.59 Å². The average molecular weight is 386 g/mol. The number of amides is 1. The fraction of sp³-hybridized carbons (Fsp3) is 0.591. The lowest BCUT2D eigenvalue weighted by Crippen LogP contribution is -2.45. The third-order valence-electron chi connectivity index (χ3n) is 6.00. The Morgan fingerprint density at radius 2 is 2.00 bits per heavy atom. The van der Waals surface area contributed by atoms with Gasteiger partial charge < -0.3 is 14.6 Å². The first-order valence-corrected chi connectivity index (χ1v) is 10.4. The van der Waals surface area contributed by atoms with Crippen LogP contribution in [0.2, 0.25) is 0 Å². The summed E-state index contributed by atoms with van der Waals surface area (Å²) in [5.41, 5.74) is 2.04. The molecule has 1 saturated heterocycles. The Hall–Kier alpha value is -2.37. The molecule has 2 unspecified atom stereocenters. The van der Waals surface area contributed by atoms with Crippen LogP contribution < -0.4 is 0 Å². The fourth-order valence-electron chi connectivity index (χ4n) is 4.33. The lowest BCUT2D eigenvalue weighted by Gasteiger charge is -2.38. The molecule has 1 aliphatic rings. The number of hydrogen-bond acceptors (Lipinski definition) is 3. The molecule has 1 amide bonds. The van der Waals surface area contributed by atoms with Gasteiger partial charge in [0.1, 0.15) is 5.82 Å². The van der Waals surface area contributed by atoms with Crippen molar-refractivity contribution in [3.63, 3.8) is 0 Å². The molecule has 0 bridgehead atoms. The molecule has 6 nitrogen and oxygen atoms in total. The minimum atomic E-state index is -0.761. The van der Waals surface area contributed by atoms with Crippen molar-refractivity contribution in [1.82, 2.24) is 14.5 Å². The summed E-state index contributed by atoms with van der Waals surface area (Å²) in [4.78, 5) is 30.7. The predicted octanol–water partition coefficient (Wildman–Crippen LogP) is 3.64. The quantitative estimate of drug-likeness (QED) is 0.704. The average Bonchev–Trinajstić information content (AvgIpc) is 2.99. The maximum atomic E-state index is 12.6. The number of carboxylic acid groups (broad SMARTS) is 1. The Bertz CT molecular complexity index is 830. The maximum absolute atomic E-state index is 12.6. The van der Waals surface area contributed by atoms with E-state index in [0.717, 1.165) is 42.5 Å². The van der Waals surface area contributed by atoms with Crippen molar-refractivity contribution in [1.29, 1.82) is 0 Å². The topological polar surface area (TPSA) is 75.4 Å². The minimum absolute atomic E-state index is 0.0806. The van der Waals surface area contributed by atoms with Crippen molar-refractivity contribution < 1.29 is 14.7 Å². The van der Waals surface area contributed by atoms with Crippen LogP contribution in [-0.2, 0) is 23.1 Å². The summed E-state index contributed by atoms with van der Waals surface area (Å²) in [6.45, 7) is 3.43. The molecule has 2 aromatic rings. The van der Waals surface area contributed by atoms with Gasteiger partial charge in [0.15, 0.2) is 0 Å². The molecule has 0 aliphatic carbocycles. The molecule has 0 spiro atoms. The number of nitrogens with zero attached hydrogens (tertiary/aromatic N) is 3. The number of imidazole rings is 1. The molecule has 152 valence electrons. The van der Waals surface area contributed by atoms with Crippen LogP contribution in [0.15, 0.2) is 24.3 Å². The van der Waals surface area contributed by atoms with E-state index in [1.165, 1.54) is 0 Å². The van der Waals surface area contributed by atoms with Gasteiger partial charge in [0.25, 0.3) is 0 Å². The number of benzene rings is 1. The molecule has 0 radical (unpaired) electrons. The molecule has 2 atom stereocenters. The molecular formula is C22H31N3O3. The summed E-state index contributed by atoms with van der Waals surface area (Å²) in [6, 6.07) is 8.02. The monoisotopic (exact) mass is 385 g/mol. The number of rotatable bonds is 8. The van der Waals surface area contributed by atoms with Crippen molar-refractivity contribution >= 4 is 22.9 Å². The van der Waals surface area contributed by atoms with Crippen molar-refractivity contribution in [2.45, 2.75) is 51.9 Å². The van der Waals surface area contributed by atoms with E-state index in [2.05, 4.69) is 11.5 Å². The molecular weight excluding hydrogens is 354 g/mol. The summed E-state index contributed by atoms with van der Waals surface area (Å²) in [6.07, 6.45) is 5.30. The highest BCUT2D eigenvalue weighted by molar-refractivity contribution is 5.77. The Morgan fingerprint density at radius 1 is 1.21 bits per heavy atom. The molecule has 1 aliphatic heterocycles. The van der Waals surface area contributed by atoms with Crippen LogP contribution in [0.3, 0.4) is 0 Å². The van der Waals surface area contributed by atoms with E-state index in [-0.39, 0.29) is 24.2 Å². The zero-order valence-corrected chi connectivity index (χ0v) is 16.9. The normalized spacial score (nSPS) is 19.9. The van der Waals surface area contributed by atoms with Gasteiger partial charge in [-0.2, -0.15) is 0 Å². The highest BCUT2D eigenvalue weighted by atomic mass is 16.4. The summed E-state index contributed by atoms with van der Waals surface area (Å²) in [7, 11) is 2.01. The van der Waals surface area contributed by atoms with Crippen LogP contribution in [0.25, 0.3) is 11.0 Å². The summed E-state index contributed by atoms with van der Waals surface area (Å²) < 4.78 is 2.09. The van der Waals surface area contributed by atoms with Gasteiger partial charge in [-0.25, -0.2) is 4.98 Å². The molecule has 1 fully saturated rings. The van der Waals surface area contributed by atoms with Gasteiger partial charge in [-0.1, -0.05) is 31.9 Å². The lowest BCUT2D eigenvalue weighted by molar-refractivity contribution is -0.140. The number of aliphatic carboxylic acids is 1. The summed E-state index contributed by atoms with van der Waals surface area (Å²) in [5, 5.41) is 9.34. The van der Waals surface area contributed by atoms with Gasteiger partial charge in [0, 0.05) is 39.4 Å². The van der Waals surface area contributed by atoms with E-state index in [0.29, 0.717) is 25.9 Å². The zero-order chi connectivity index (χ0) is 20.1. The second-order valence-corrected chi connectivity index (χ2v) is 7.98. The highest BCUT2D eigenvalue weighted by Crippen LogP contribution is 2.30. The Morgan fingerprint density at radius 3 is 2.71 bits per heavy atom. The first kappa shape index (κ1) is 20.4.